The van der Waals surface area contributed by atoms with Crippen LogP contribution in [0.2, 0.25) is 0 Å². The molecule has 0 fully saturated rings. The molecule has 0 aromatic carbocycles. The average molecular weight is 255 g/mol. The highest BCUT2D eigenvalue weighted by molar-refractivity contribution is 7.13. The topological polar surface area (TPSA) is 83.5 Å². The maximum Gasteiger partial charge on any atom is 0.345 e. The summed E-state index contributed by atoms with van der Waals surface area (Å²) >= 11 is 1.13. The van der Waals surface area contributed by atoms with Gasteiger partial charge in [0, 0.05) is 17.7 Å². The summed E-state index contributed by atoms with van der Waals surface area (Å²) in [5, 5.41) is 11.3. The number of ketones is 1. The van der Waals surface area contributed by atoms with Crippen molar-refractivity contribution < 1.29 is 19.5 Å². The minimum atomic E-state index is -0.968. The predicted molar refractivity (Wildman–Crippen MR) is 63.0 cm³/mol. The zero-order valence-electron chi connectivity index (χ0n) is 9.36. The number of rotatable bonds is 6. The minimum Gasteiger partial charge on any atom is -0.477 e. The number of aromatic carboxylic acids is 1. The summed E-state index contributed by atoms with van der Waals surface area (Å²) < 4.78 is 0. The molecule has 0 unspecified atom stereocenters. The molecule has 0 saturated heterocycles. The fraction of sp³-hybridized carbons (Fsp3) is 0.364. The summed E-state index contributed by atoms with van der Waals surface area (Å²) in [5.41, 5.74) is 0. The van der Waals surface area contributed by atoms with Crippen LogP contribution in [0.3, 0.4) is 0 Å². The van der Waals surface area contributed by atoms with Crippen molar-refractivity contribution in [3.63, 3.8) is 0 Å². The van der Waals surface area contributed by atoms with Gasteiger partial charge in [-0.05, 0) is 19.1 Å². The van der Waals surface area contributed by atoms with Crippen molar-refractivity contribution in [2.24, 2.45) is 0 Å². The van der Waals surface area contributed by atoms with E-state index < -0.39 is 5.97 Å². The second-order valence-electron chi connectivity index (χ2n) is 3.55. The average Bonchev–Trinajstić information content (AvgIpc) is 2.72. The van der Waals surface area contributed by atoms with E-state index in [1.165, 1.54) is 13.0 Å². The van der Waals surface area contributed by atoms with E-state index in [1.807, 2.05) is 0 Å². The molecular formula is C11H13NO4S. The highest BCUT2D eigenvalue weighted by atomic mass is 32.1. The lowest BCUT2D eigenvalue weighted by molar-refractivity contribution is -0.124. The van der Waals surface area contributed by atoms with Crippen LogP contribution < -0.4 is 5.32 Å². The van der Waals surface area contributed by atoms with Crippen molar-refractivity contribution in [1.29, 1.82) is 0 Å². The van der Waals surface area contributed by atoms with E-state index in [0.29, 0.717) is 6.54 Å². The lowest BCUT2D eigenvalue weighted by atomic mass is 10.2. The molecule has 0 aliphatic heterocycles. The van der Waals surface area contributed by atoms with Crippen LogP contribution in [0.5, 0.6) is 0 Å². The maximum absolute atomic E-state index is 11.3. The molecule has 0 radical (unpaired) electrons. The van der Waals surface area contributed by atoms with Crippen molar-refractivity contribution >= 4 is 29.0 Å². The van der Waals surface area contributed by atoms with E-state index in [4.69, 9.17) is 5.11 Å². The molecule has 0 saturated carbocycles. The number of Topliss-reactive ketones (excluding diaryl/α,β-unsaturated/α-hetero) is 1. The molecule has 0 aliphatic rings. The van der Waals surface area contributed by atoms with Gasteiger partial charge in [-0.15, -0.1) is 11.3 Å². The molecule has 1 aromatic rings. The standard InChI is InChI=1S/C11H13NO4S/c1-7(13)2-5-10(14)12-6-8-3-4-9(17-8)11(15)16/h3-4H,2,5-6H2,1H3,(H,12,14)(H,15,16). The number of thiophene rings is 1. The number of carbonyl (C=O) groups is 3. The first-order chi connectivity index (χ1) is 7.99. The Morgan fingerprint density at radius 1 is 1.29 bits per heavy atom. The van der Waals surface area contributed by atoms with Gasteiger partial charge >= 0.3 is 5.97 Å². The molecule has 1 heterocycles. The van der Waals surface area contributed by atoms with Crippen LogP contribution in [0, 0.1) is 0 Å². The third-order valence-corrected chi connectivity index (χ3v) is 3.11. The molecule has 1 amide bonds. The van der Waals surface area contributed by atoms with Crippen molar-refractivity contribution in [1.82, 2.24) is 5.32 Å². The van der Waals surface area contributed by atoms with E-state index in [0.717, 1.165) is 16.2 Å². The molecule has 1 rings (SSSR count). The number of carboxylic acids is 1. The highest BCUT2D eigenvalue weighted by Gasteiger charge is 2.08. The van der Waals surface area contributed by atoms with Crippen LogP contribution in [-0.4, -0.2) is 22.8 Å². The molecule has 92 valence electrons. The lowest BCUT2D eigenvalue weighted by Crippen LogP contribution is -2.22. The van der Waals surface area contributed by atoms with E-state index in [1.54, 1.807) is 6.07 Å². The number of carboxylic acid groups (broad SMARTS) is 1. The van der Waals surface area contributed by atoms with Crippen LogP contribution >= 0.6 is 11.3 Å². The molecule has 17 heavy (non-hydrogen) atoms. The number of amides is 1. The van der Waals surface area contributed by atoms with Crippen molar-refractivity contribution in [2.45, 2.75) is 26.3 Å². The third-order valence-electron chi connectivity index (χ3n) is 2.04. The number of nitrogens with one attached hydrogen (secondary N) is 1. The van der Waals surface area contributed by atoms with Crippen LogP contribution in [0.15, 0.2) is 12.1 Å². The Kier molecular flexibility index (Phi) is 4.84. The Bertz CT molecular complexity index is 438. The Balaban J connectivity index is 2.36. The van der Waals surface area contributed by atoms with Gasteiger partial charge in [-0.25, -0.2) is 4.79 Å². The highest BCUT2D eigenvalue weighted by Crippen LogP contribution is 2.15. The Morgan fingerprint density at radius 3 is 2.53 bits per heavy atom. The van der Waals surface area contributed by atoms with Crippen LogP contribution in [-0.2, 0) is 16.1 Å². The van der Waals surface area contributed by atoms with Gasteiger partial charge in [0.25, 0.3) is 0 Å². The molecule has 0 atom stereocenters. The Morgan fingerprint density at radius 2 is 2.00 bits per heavy atom. The molecule has 0 aliphatic carbocycles. The second-order valence-corrected chi connectivity index (χ2v) is 4.72. The summed E-state index contributed by atoms with van der Waals surface area (Å²) in [6.45, 7) is 1.74. The smallest absolute Gasteiger partial charge is 0.345 e. The van der Waals surface area contributed by atoms with Crippen LogP contribution in [0.1, 0.15) is 34.3 Å². The van der Waals surface area contributed by atoms with Crippen molar-refractivity contribution in [3.05, 3.63) is 21.9 Å². The van der Waals surface area contributed by atoms with Gasteiger partial charge in [0.05, 0.1) is 6.54 Å². The largest absolute Gasteiger partial charge is 0.477 e. The third kappa shape index (κ3) is 4.78. The van der Waals surface area contributed by atoms with Gasteiger partial charge in [-0.3, -0.25) is 4.79 Å². The van der Waals surface area contributed by atoms with E-state index in [2.05, 4.69) is 5.32 Å². The minimum absolute atomic E-state index is 0.0237. The van der Waals surface area contributed by atoms with E-state index in [-0.39, 0.29) is 29.4 Å². The van der Waals surface area contributed by atoms with Crippen LogP contribution in [0.25, 0.3) is 0 Å². The van der Waals surface area contributed by atoms with Gasteiger partial charge in [0.15, 0.2) is 0 Å². The number of hydrogen-bond donors (Lipinski definition) is 2. The molecule has 0 spiro atoms. The second kappa shape index (κ2) is 6.15. The fourth-order valence-corrected chi connectivity index (χ4v) is 1.94. The quantitative estimate of drug-likeness (QED) is 0.805. The molecule has 1 aromatic heterocycles. The predicted octanol–water partition coefficient (Wildman–Crippen LogP) is 1.43. The summed E-state index contributed by atoms with van der Waals surface area (Å²) in [6, 6.07) is 3.17. The molecule has 2 N–H and O–H groups in total. The molecular weight excluding hydrogens is 242 g/mol. The van der Waals surface area contributed by atoms with Gasteiger partial charge in [0.2, 0.25) is 5.91 Å². The summed E-state index contributed by atoms with van der Waals surface area (Å²) in [5.74, 6) is -1.20. The lowest BCUT2D eigenvalue weighted by Gasteiger charge is -2.01. The monoisotopic (exact) mass is 255 g/mol. The van der Waals surface area contributed by atoms with E-state index >= 15 is 0 Å². The SMILES string of the molecule is CC(=O)CCC(=O)NCc1ccc(C(=O)O)s1. The normalized spacial score (nSPS) is 9.94. The molecule has 6 heteroatoms. The number of hydrogen-bond acceptors (Lipinski definition) is 4. The summed E-state index contributed by atoms with van der Waals surface area (Å²) in [6.07, 6.45) is 0.406. The molecule has 5 nitrogen and oxygen atoms in total. The Labute approximate surface area is 102 Å². The fourth-order valence-electron chi connectivity index (χ4n) is 1.15. The van der Waals surface area contributed by atoms with Gasteiger partial charge in [-0.2, -0.15) is 0 Å². The van der Waals surface area contributed by atoms with Crippen molar-refractivity contribution in [3.8, 4) is 0 Å². The van der Waals surface area contributed by atoms with Crippen molar-refractivity contribution in [2.75, 3.05) is 0 Å². The zero-order chi connectivity index (χ0) is 12.8. The van der Waals surface area contributed by atoms with Crippen LogP contribution in [0.4, 0.5) is 0 Å². The first kappa shape index (κ1) is 13.4. The first-order valence-corrected chi connectivity index (χ1v) is 5.89. The Hall–Kier alpha value is -1.69. The maximum atomic E-state index is 11.3. The van der Waals surface area contributed by atoms with Gasteiger partial charge < -0.3 is 15.2 Å². The summed E-state index contributed by atoms with van der Waals surface area (Å²) in [7, 11) is 0. The zero-order valence-corrected chi connectivity index (χ0v) is 10.2. The van der Waals surface area contributed by atoms with Gasteiger partial charge in [0.1, 0.15) is 10.7 Å². The number of carbonyl (C=O) groups excluding carboxylic acids is 2. The summed E-state index contributed by atoms with van der Waals surface area (Å²) in [4.78, 5) is 33.6. The first-order valence-electron chi connectivity index (χ1n) is 5.07. The molecule has 0 bridgehead atoms. The van der Waals surface area contributed by atoms with Gasteiger partial charge in [-0.1, -0.05) is 0 Å². The van der Waals surface area contributed by atoms with E-state index in [9.17, 15) is 14.4 Å².